The minimum absolute atomic E-state index is 0.0435. The molecule has 1 aromatic rings. The number of ketones is 1. The molecule has 1 fully saturated rings. The molecule has 1 aliphatic rings. The van der Waals surface area contributed by atoms with E-state index < -0.39 is 0 Å². The van der Waals surface area contributed by atoms with Crippen LogP contribution in [0.3, 0.4) is 0 Å². The highest BCUT2D eigenvalue weighted by Gasteiger charge is 2.31. The molecular weight excluding hydrogens is 345 g/mol. The molecule has 2 unspecified atom stereocenters. The van der Waals surface area contributed by atoms with Crippen molar-refractivity contribution in [3.63, 3.8) is 0 Å². The molecular formula is C21H32FN3O2. The first-order chi connectivity index (χ1) is 12.8. The molecule has 2 atom stereocenters. The van der Waals surface area contributed by atoms with Crippen molar-refractivity contribution in [3.8, 4) is 0 Å². The standard InChI is InChI=1S/C21H32FN3O2/c1-16-14-24(15-17(2)25(16)13-12-23(3)4)21(27)7-5-6-20(26)18-8-10-19(22)11-9-18/h8-11,16-17H,5-7,12-15H2,1-4H3. The number of rotatable bonds is 8. The molecule has 1 aliphatic heterocycles. The van der Waals surface area contributed by atoms with Crippen LogP contribution < -0.4 is 0 Å². The second-order valence-corrected chi connectivity index (χ2v) is 7.82. The van der Waals surface area contributed by atoms with E-state index in [2.05, 4.69) is 37.7 Å². The number of amides is 1. The minimum Gasteiger partial charge on any atom is -0.340 e. The summed E-state index contributed by atoms with van der Waals surface area (Å²) in [6.45, 7) is 7.83. The SMILES string of the molecule is CC1CN(C(=O)CCCC(=O)c2ccc(F)cc2)CC(C)N1CCN(C)C. The van der Waals surface area contributed by atoms with Crippen LogP contribution in [0.2, 0.25) is 0 Å². The second kappa shape index (κ2) is 9.95. The van der Waals surface area contributed by atoms with E-state index in [4.69, 9.17) is 0 Å². The van der Waals surface area contributed by atoms with Crippen LogP contribution in [0.5, 0.6) is 0 Å². The number of likely N-dealkylation sites (N-methyl/N-ethyl adjacent to an activating group) is 1. The highest BCUT2D eigenvalue weighted by Crippen LogP contribution is 2.17. The zero-order valence-corrected chi connectivity index (χ0v) is 16.9. The van der Waals surface area contributed by atoms with Gasteiger partial charge in [0.2, 0.25) is 5.91 Å². The molecule has 0 aromatic heterocycles. The van der Waals surface area contributed by atoms with Crippen LogP contribution in [-0.2, 0) is 4.79 Å². The molecule has 1 amide bonds. The fourth-order valence-corrected chi connectivity index (χ4v) is 3.65. The Morgan fingerprint density at radius 1 is 1.07 bits per heavy atom. The largest absolute Gasteiger partial charge is 0.340 e. The molecule has 0 aliphatic carbocycles. The van der Waals surface area contributed by atoms with Crippen molar-refractivity contribution in [2.24, 2.45) is 0 Å². The van der Waals surface area contributed by atoms with Crippen molar-refractivity contribution in [2.75, 3.05) is 40.3 Å². The van der Waals surface area contributed by atoms with Gasteiger partial charge in [-0.25, -0.2) is 4.39 Å². The highest BCUT2D eigenvalue weighted by molar-refractivity contribution is 5.96. The van der Waals surface area contributed by atoms with Gasteiger partial charge in [-0.15, -0.1) is 0 Å². The van der Waals surface area contributed by atoms with E-state index in [0.717, 1.165) is 26.2 Å². The molecule has 5 nitrogen and oxygen atoms in total. The number of carbonyl (C=O) groups is 2. The van der Waals surface area contributed by atoms with Gasteiger partial charge in [-0.3, -0.25) is 14.5 Å². The number of benzene rings is 1. The van der Waals surface area contributed by atoms with Gasteiger partial charge in [-0.2, -0.15) is 0 Å². The van der Waals surface area contributed by atoms with E-state index in [1.807, 2.05) is 4.90 Å². The third-order valence-electron chi connectivity index (χ3n) is 5.22. The van der Waals surface area contributed by atoms with E-state index in [1.54, 1.807) is 0 Å². The monoisotopic (exact) mass is 377 g/mol. The lowest BCUT2D eigenvalue weighted by molar-refractivity contribution is -0.135. The summed E-state index contributed by atoms with van der Waals surface area (Å²) in [5, 5.41) is 0. The number of hydrogen-bond acceptors (Lipinski definition) is 4. The van der Waals surface area contributed by atoms with Crippen LogP contribution >= 0.6 is 0 Å². The summed E-state index contributed by atoms with van der Waals surface area (Å²) in [6.07, 6.45) is 1.22. The Labute approximate surface area is 162 Å². The van der Waals surface area contributed by atoms with Crippen molar-refractivity contribution in [3.05, 3.63) is 35.6 Å². The summed E-state index contributed by atoms with van der Waals surface area (Å²) in [7, 11) is 4.14. The molecule has 2 rings (SSSR count). The van der Waals surface area contributed by atoms with Gasteiger partial charge in [0, 0.05) is 56.7 Å². The number of halogens is 1. The Morgan fingerprint density at radius 3 is 2.22 bits per heavy atom. The summed E-state index contributed by atoms with van der Waals surface area (Å²) in [6, 6.07) is 6.23. The van der Waals surface area contributed by atoms with E-state index >= 15 is 0 Å². The van der Waals surface area contributed by atoms with Crippen molar-refractivity contribution in [1.82, 2.24) is 14.7 Å². The van der Waals surface area contributed by atoms with Crippen LogP contribution in [0.1, 0.15) is 43.5 Å². The fourth-order valence-electron chi connectivity index (χ4n) is 3.65. The summed E-state index contributed by atoms with van der Waals surface area (Å²) >= 11 is 0. The lowest BCUT2D eigenvalue weighted by Gasteiger charge is -2.45. The van der Waals surface area contributed by atoms with Crippen LogP contribution in [0.15, 0.2) is 24.3 Å². The van der Waals surface area contributed by atoms with Gasteiger partial charge in [-0.05, 0) is 58.6 Å². The maximum absolute atomic E-state index is 12.9. The lowest BCUT2D eigenvalue weighted by Crippen LogP contribution is -2.59. The minimum atomic E-state index is -0.352. The smallest absolute Gasteiger partial charge is 0.222 e. The van der Waals surface area contributed by atoms with Gasteiger partial charge in [-0.1, -0.05) is 0 Å². The quantitative estimate of drug-likeness (QED) is 0.654. The number of piperazine rings is 1. The van der Waals surface area contributed by atoms with E-state index in [0.29, 0.717) is 36.9 Å². The van der Waals surface area contributed by atoms with E-state index in [9.17, 15) is 14.0 Å². The van der Waals surface area contributed by atoms with Gasteiger partial charge < -0.3 is 9.80 Å². The van der Waals surface area contributed by atoms with Crippen molar-refractivity contribution >= 4 is 11.7 Å². The highest BCUT2D eigenvalue weighted by atomic mass is 19.1. The number of Topliss-reactive ketones (excluding diaryl/α,β-unsaturated/α-hetero) is 1. The number of nitrogens with zero attached hydrogens (tertiary/aromatic N) is 3. The summed E-state index contributed by atoms with van der Waals surface area (Å²) < 4.78 is 12.9. The van der Waals surface area contributed by atoms with Gasteiger partial charge in [0.25, 0.3) is 0 Å². The predicted octanol–water partition coefficient (Wildman–Crippen LogP) is 2.66. The maximum Gasteiger partial charge on any atom is 0.222 e. The molecule has 1 saturated heterocycles. The average Bonchev–Trinajstić information content (AvgIpc) is 2.61. The fraction of sp³-hybridized carbons (Fsp3) is 0.619. The molecule has 0 spiro atoms. The van der Waals surface area contributed by atoms with Gasteiger partial charge in [0.15, 0.2) is 5.78 Å². The van der Waals surface area contributed by atoms with Crippen molar-refractivity contribution < 1.29 is 14.0 Å². The Kier molecular flexibility index (Phi) is 7.92. The van der Waals surface area contributed by atoms with Gasteiger partial charge in [0.05, 0.1) is 0 Å². The number of hydrogen-bond donors (Lipinski definition) is 0. The molecule has 0 saturated carbocycles. The molecule has 6 heteroatoms. The van der Waals surface area contributed by atoms with E-state index in [-0.39, 0.29) is 17.5 Å². The first-order valence-corrected chi connectivity index (χ1v) is 9.75. The molecule has 0 radical (unpaired) electrons. The molecule has 0 N–H and O–H groups in total. The van der Waals surface area contributed by atoms with Crippen LogP contribution in [0.25, 0.3) is 0 Å². The van der Waals surface area contributed by atoms with Gasteiger partial charge in [0.1, 0.15) is 5.82 Å². The third kappa shape index (κ3) is 6.40. The Balaban J connectivity index is 1.77. The number of carbonyl (C=O) groups excluding carboxylic acids is 2. The molecule has 1 heterocycles. The van der Waals surface area contributed by atoms with Crippen LogP contribution in [0.4, 0.5) is 4.39 Å². The topological polar surface area (TPSA) is 43.9 Å². The molecule has 27 heavy (non-hydrogen) atoms. The van der Waals surface area contributed by atoms with Crippen LogP contribution in [0, 0.1) is 5.82 Å². The van der Waals surface area contributed by atoms with Crippen molar-refractivity contribution in [2.45, 2.75) is 45.2 Å². The molecule has 150 valence electrons. The second-order valence-electron chi connectivity index (χ2n) is 7.82. The zero-order valence-electron chi connectivity index (χ0n) is 16.9. The average molecular weight is 378 g/mol. The molecule has 0 bridgehead atoms. The predicted molar refractivity (Wildman–Crippen MR) is 105 cm³/mol. The van der Waals surface area contributed by atoms with E-state index in [1.165, 1.54) is 24.3 Å². The Bertz CT molecular complexity index is 621. The summed E-state index contributed by atoms with van der Waals surface area (Å²) in [4.78, 5) is 31.3. The summed E-state index contributed by atoms with van der Waals surface area (Å²) in [5.41, 5.74) is 0.501. The molecule has 1 aromatic carbocycles. The normalized spacial score (nSPS) is 20.9. The maximum atomic E-state index is 12.9. The van der Waals surface area contributed by atoms with Crippen LogP contribution in [-0.4, -0.2) is 78.7 Å². The zero-order chi connectivity index (χ0) is 20.0. The Morgan fingerprint density at radius 2 is 1.67 bits per heavy atom. The summed E-state index contributed by atoms with van der Waals surface area (Å²) in [5.74, 6) is -0.277. The van der Waals surface area contributed by atoms with Crippen molar-refractivity contribution in [1.29, 1.82) is 0 Å². The first-order valence-electron chi connectivity index (χ1n) is 9.75. The first kappa shape index (κ1) is 21.5. The lowest BCUT2D eigenvalue weighted by atomic mass is 10.0. The Hall–Kier alpha value is -1.79. The van der Waals surface area contributed by atoms with Gasteiger partial charge >= 0.3 is 0 Å². The third-order valence-corrected chi connectivity index (χ3v) is 5.22.